The second kappa shape index (κ2) is 9.20. The number of benzene rings is 1. The lowest BCUT2D eigenvalue weighted by molar-refractivity contribution is -0.136. The summed E-state index contributed by atoms with van der Waals surface area (Å²) in [6.45, 7) is 3.92. The van der Waals surface area contributed by atoms with Gasteiger partial charge in [-0.25, -0.2) is 4.39 Å². The normalized spacial score (nSPS) is 20.4. The van der Waals surface area contributed by atoms with Gasteiger partial charge in [-0.15, -0.1) is 5.10 Å². The van der Waals surface area contributed by atoms with E-state index >= 15 is 0 Å². The number of halogens is 1. The maximum absolute atomic E-state index is 14.0. The Kier molecular flexibility index (Phi) is 6.41. The molecule has 2 amide bonds. The zero-order chi connectivity index (χ0) is 21.1. The van der Waals surface area contributed by atoms with E-state index in [1.54, 1.807) is 18.2 Å². The monoisotopic (exact) mass is 430 g/mol. The summed E-state index contributed by atoms with van der Waals surface area (Å²) in [6.07, 6.45) is 4.96. The number of hydrogen-bond donors (Lipinski definition) is 0. The van der Waals surface area contributed by atoms with Crippen molar-refractivity contribution >= 4 is 23.3 Å². The molecule has 30 heavy (non-hydrogen) atoms. The fourth-order valence-electron chi connectivity index (χ4n) is 4.72. The van der Waals surface area contributed by atoms with Crippen LogP contribution in [-0.4, -0.2) is 56.9 Å². The number of piperidine rings is 2. The third kappa shape index (κ3) is 4.38. The van der Waals surface area contributed by atoms with E-state index in [0.717, 1.165) is 50.2 Å². The second-order valence-electron chi connectivity index (χ2n) is 8.24. The SMILES string of the molecule is Cc1nnsc1C(=O)N1CCC(C2CCCCN2C(=O)Cc2ccccc2F)CC1. The highest BCUT2D eigenvalue weighted by Gasteiger charge is 2.36. The van der Waals surface area contributed by atoms with Gasteiger partial charge in [0.25, 0.3) is 5.91 Å². The van der Waals surface area contributed by atoms with Crippen LogP contribution in [-0.2, 0) is 11.2 Å². The van der Waals surface area contributed by atoms with Crippen molar-refractivity contribution in [1.29, 1.82) is 0 Å². The summed E-state index contributed by atoms with van der Waals surface area (Å²) in [7, 11) is 0. The first-order valence-corrected chi connectivity index (χ1v) is 11.4. The number of nitrogens with zero attached hydrogens (tertiary/aromatic N) is 4. The second-order valence-corrected chi connectivity index (χ2v) is 8.99. The predicted octanol–water partition coefficient (Wildman–Crippen LogP) is 3.46. The van der Waals surface area contributed by atoms with Gasteiger partial charge in [0.1, 0.15) is 10.7 Å². The van der Waals surface area contributed by atoms with E-state index in [1.807, 2.05) is 16.7 Å². The van der Waals surface area contributed by atoms with Crippen molar-refractivity contribution < 1.29 is 14.0 Å². The van der Waals surface area contributed by atoms with Crippen molar-refractivity contribution in [2.24, 2.45) is 5.92 Å². The minimum Gasteiger partial charge on any atom is -0.339 e. The molecule has 6 nitrogen and oxygen atoms in total. The third-order valence-corrected chi connectivity index (χ3v) is 7.20. The van der Waals surface area contributed by atoms with E-state index in [2.05, 4.69) is 9.59 Å². The zero-order valence-electron chi connectivity index (χ0n) is 17.2. The molecule has 2 aliphatic rings. The van der Waals surface area contributed by atoms with Crippen molar-refractivity contribution in [3.8, 4) is 0 Å². The van der Waals surface area contributed by atoms with Crippen molar-refractivity contribution in [1.82, 2.24) is 19.4 Å². The third-order valence-electron chi connectivity index (χ3n) is 6.39. The topological polar surface area (TPSA) is 66.4 Å². The molecular formula is C22H27FN4O2S. The summed E-state index contributed by atoms with van der Waals surface area (Å²) in [4.78, 5) is 30.2. The molecular weight excluding hydrogens is 403 g/mol. The van der Waals surface area contributed by atoms with Crippen molar-refractivity contribution in [2.45, 2.75) is 51.5 Å². The number of carbonyl (C=O) groups is 2. The summed E-state index contributed by atoms with van der Waals surface area (Å²) >= 11 is 1.15. The summed E-state index contributed by atoms with van der Waals surface area (Å²) in [5, 5.41) is 3.94. The van der Waals surface area contributed by atoms with E-state index < -0.39 is 0 Å². The minimum atomic E-state index is -0.320. The standard InChI is InChI=1S/C22H27FN4O2S/c1-15-21(30-25-24-15)22(29)26-12-9-16(10-13-26)19-8-4-5-11-27(19)20(28)14-17-6-2-3-7-18(17)23/h2-3,6-7,16,19H,4-5,8-14H2,1H3. The summed E-state index contributed by atoms with van der Waals surface area (Å²) in [6, 6.07) is 6.69. The first-order valence-electron chi connectivity index (χ1n) is 10.7. The van der Waals surface area contributed by atoms with Gasteiger partial charge < -0.3 is 9.80 Å². The molecule has 0 spiro atoms. The van der Waals surface area contributed by atoms with E-state index in [9.17, 15) is 14.0 Å². The Hall–Kier alpha value is -2.35. The molecule has 3 heterocycles. The van der Waals surface area contributed by atoms with E-state index in [0.29, 0.717) is 35.1 Å². The molecule has 2 saturated heterocycles. The fourth-order valence-corrected chi connectivity index (χ4v) is 5.35. The summed E-state index contributed by atoms with van der Waals surface area (Å²) in [5.74, 6) is 0.0745. The summed E-state index contributed by atoms with van der Waals surface area (Å²) in [5.41, 5.74) is 1.14. The van der Waals surface area contributed by atoms with Gasteiger partial charge in [0.05, 0.1) is 12.1 Å². The number of carbonyl (C=O) groups excluding carboxylic acids is 2. The minimum absolute atomic E-state index is 0.00895. The van der Waals surface area contributed by atoms with E-state index in [-0.39, 0.29) is 30.1 Å². The lowest BCUT2D eigenvalue weighted by atomic mass is 9.83. The average Bonchev–Trinajstić information content (AvgIpc) is 3.21. The van der Waals surface area contributed by atoms with Gasteiger partial charge in [-0.2, -0.15) is 0 Å². The number of likely N-dealkylation sites (tertiary alicyclic amines) is 2. The number of amides is 2. The van der Waals surface area contributed by atoms with Gasteiger partial charge in [0, 0.05) is 25.7 Å². The Morgan fingerprint density at radius 2 is 1.90 bits per heavy atom. The van der Waals surface area contributed by atoms with Crippen LogP contribution in [0, 0.1) is 18.7 Å². The largest absolute Gasteiger partial charge is 0.339 e. The molecule has 0 radical (unpaired) electrons. The highest BCUT2D eigenvalue weighted by atomic mass is 32.1. The van der Waals surface area contributed by atoms with Gasteiger partial charge in [-0.05, 0) is 68.1 Å². The van der Waals surface area contributed by atoms with Crippen LogP contribution in [0.3, 0.4) is 0 Å². The average molecular weight is 431 g/mol. The summed E-state index contributed by atoms with van der Waals surface area (Å²) < 4.78 is 17.9. The number of aryl methyl sites for hydroxylation is 1. The maximum atomic E-state index is 14.0. The number of hydrogen-bond acceptors (Lipinski definition) is 5. The highest BCUT2D eigenvalue weighted by molar-refractivity contribution is 7.07. The quantitative estimate of drug-likeness (QED) is 0.745. The lowest BCUT2D eigenvalue weighted by Crippen LogP contribution is -2.51. The molecule has 0 aliphatic carbocycles. The number of aromatic nitrogens is 2. The van der Waals surface area contributed by atoms with Crippen LogP contribution in [0.15, 0.2) is 24.3 Å². The Morgan fingerprint density at radius 1 is 1.13 bits per heavy atom. The molecule has 0 bridgehead atoms. The molecule has 1 aromatic heterocycles. The molecule has 2 aliphatic heterocycles. The first-order chi connectivity index (χ1) is 14.5. The number of rotatable bonds is 4. The van der Waals surface area contributed by atoms with Crippen molar-refractivity contribution in [3.05, 3.63) is 46.2 Å². The van der Waals surface area contributed by atoms with E-state index in [1.165, 1.54) is 6.07 Å². The maximum Gasteiger partial charge on any atom is 0.267 e. The first kappa shape index (κ1) is 20.9. The Balaban J connectivity index is 1.39. The molecule has 2 aromatic rings. The molecule has 4 rings (SSSR count). The van der Waals surface area contributed by atoms with Gasteiger partial charge in [0.15, 0.2) is 0 Å². The van der Waals surface area contributed by atoms with Crippen LogP contribution in [0.25, 0.3) is 0 Å². The Morgan fingerprint density at radius 3 is 2.60 bits per heavy atom. The van der Waals surface area contributed by atoms with Crippen molar-refractivity contribution in [3.63, 3.8) is 0 Å². The predicted molar refractivity (Wildman–Crippen MR) is 113 cm³/mol. The molecule has 0 N–H and O–H groups in total. The van der Waals surface area contributed by atoms with Crippen molar-refractivity contribution in [2.75, 3.05) is 19.6 Å². The molecule has 2 fully saturated rings. The molecule has 1 atom stereocenters. The van der Waals surface area contributed by atoms with Gasteiger partial charge in [-0.3, -0.25) is 9.59 Å². The molecule has 0 saturated carbocycles. The van der Waals surface area contributed by atoms with Crippen LogP contribution >= 0.6 is 11.5 Å². The van der Waals surface area contributed by atoms with Crippen LogP contribution in [0.1, 0.15) is 53.0 Å². The van der Waals surface area contributed by atoms with E-state index in [4.69, 9.17) is 0 Å². The Bertz CT molecular complexity index is 910. The van der Waals surface area contributed by atoms with Crippen LogP contribution in [0.5, 0.6) is 0 Å². The smallest absolute Gasteiger partial charge is 0.267 e. The zero-order valence-corrected chi connectivity index (χ0v) is 18.0. The Labute approximate surface area is 180 Å². The van der Waals surface area contributed by atoms with Crippen LogP contribution in [0.2, 0.25) is 0 Å². The lowest BCUT2D eigenvalue weighted by Gasteiger charge is -2.43. The van der Waals surface area contributed by atoms with Gasteiger partial charge in [0.2, 0.25) is 5.91 Å². The van der Waals surface area contributed by atoms with Gasteiger partial charge >= 0.3 is 0 Å². The molecule has 8 heteroatoms. The van der Waals surface area contributed by atoms with Gasteiger partial charge in [-0.1, -0.05) is 22.7 Å². The van der Waals surface area contributed by atoms with Crippen LogP contribution < -0.4 is 0 Å². The highest BCUT2D eigenvalue weighted by Crippen LogP contribution is 2.32. The molecule has 1 aromatic carbocycles. The fraction of sp³-hybridized carbons (Fsp3) is 0.545. The molecule has 160 valence electrons. The molecule has 1 unspecified atom stereocenters. The van der Waals surface area contributed by atoms with Crippen LogP contribution in [0.4, 0.5) is 4.39 Å².